The molecule has 3 nitrogen and oxygen atoms in total. The molecular formula is C7H4BrFN2O. The normalized spacial score (nSPS) is 27.0. The molecule has 1 amide bonds. The summed E-state index contributed by atoms with van der Waals surface area (Å²) in [6, 6.07) is 0. The summed E-state index contributed by atoms with van der Waals surface area (Å²) < 4.78 is 13.7. The predicted octanol–water partition coefficient (Wildman–Crippen LogP) is 1.03. The second-order valence-corrected chi connectivity index (χ2v) is 3.36. The number of nitrogens with zero attached hydrogens (tertiary/aromatic N) is 1. The summed E-state index contributed by atoms with van der Waals surface area (Å²) >= 11 is 3.10. The summed E-state index contributed by atoms with van der Waals surface area (Å²) in [5.74, 6) is -0.349. The monoisotopic (exact) mass is 230 g/mol. The lowest BCUT2D eigenvalue weighted by molar-refractivity contribution is -0.116. The van der Waals surface area contributed by atoms with E-state index >= 15 is 0 Å². The highest BCUT2D eigenvalue weighted by Gasteiger charge is 2.30. The van der Waals surface area contributed by atoms with Crippen LogP contribution in [0.1, 0.15) is 0 Å². The Hall–Kier alpha value is -0.970. The number of fused-ring (bicyclic) bond motifs is 1. The zero-order valence-electron chi connectivity index (χ0n) is 5.84. The lowest BCUT2D eigenvalue weighted by atomic mass is 10.0. The van der Waals surface area contributed by atoms with E-state index in [0.717, 1.165) is 0 Å². The molecule has 0 aromatic carbocycles. The molecule has 0 aromatic rings. The number of hydrazone groups is 1. The number of carbonyl (C=O) groups is 1. The summed E-state index contributed by atoms with van der Waals surface area (Å²) in [6.07, 6.45) is 1.61. The minimum Gasteiger partial charge on any atom is -0.267 e. The highest BCUT2D eigenvalue weighted by molar-refractivity contribution is 9.11. The standard InChI is InChI=1S/C7H4BrFN2O/c8-3-1-4-6(5(9)2-3)10-11-7(4)12/h1-2,5H,(H,11,12). The number of rotatable bonds is 0. The van der Waals surface area contributed by atoms with Gasteiger partial charge in [-0.25, -0.2) is 9.82 Å². The summed E-state index contributed by atoms with van der Waals surface area (Å²) in [4.78, 5) is 11.0. The number of nitrogens with one attached hydrogen (secondary N) is 1. The van der Waals surface area contributed by atoms with Gasteiger partial charge in [0.05, 0.1) is 5.57 Å². The molecule has 5 heteroatoms. The van der Waals surface area contributed by atoms with E-state index in [1.807, 2.05) is 0 Å². The lowest BCUT2D eigenvalue weighted by Gasteiger charge is -2.08. The minimum atomic E-state index is -1.29. The van der Waals surface area contributed by atoms with Crippen molar-refractivity contribution in [2.45, 2.75) is 6.17 Å². The van der Waals surface area contributed by atoms with E-state index in [0.29, 0.717) is 10.1 Å². The Morgan fingerprint density at radius 2 is 2.42 bits per heavy atom. The van der Waals surface area contributed by atoms with Gasteiger partial charge in [-0.1, -0.05) is 15.9 Å². The molecular weight excluding hydrogens is 227 g/mol. The van der Waals surface area contributed by atoms with Crippen LogP contribution in [0.25, 0.3) is 0 Å². The van der Waals surface area contributed by atoms with Crippen LogP contribution in [-0.4, -0.2) is 17.8 Å². The molecule has 0 spiro atoms. The van der Waals surface area contributed by atoms with Gasteiger partial charge >= 0.3 is 0 Å². The summed E-state index contributed by atoms with van der Waals surface area (Å²) in [5, 5.41) is 3.56. The van der Waals surface area contributed by atoms with Gasteiger partial charge in [0, 0.05) is 4.48 Å². The molecule has 0 aromatic heterocycles. The maximum Gasteiger partial charge on any atom is 0.273 e. The van der Waals surface area contributed by atoms with Crippen LogP contribution in [-0.2, 0) is 4.79 Å². The third-order valence-corrected chi connectivity index (χ3v) is 2.14. The van der Waals surface area contributed by atoms with Gasteiger partial charge in [0.2, 0.25) is 0 Å². The second-order valence-electron chi connectivity index (χ2n) is 2.45. The van der Waals surface area contributed by atoms with Gasteiger partial charge in [0.1, 0.15) is 5.71 Å². The van der Waals surface area contributed by atoms with Gasteiger partial charge in [0.15, 0.2) is 6.17 Å². The fourth-order valence-electron chi connectivity index (χ4n) is 1.10. The number of alkyl halides is 1. The van der Waals surface area contributed by atoms with E-state index in [-0.39, 0.29) is 11.6 Å². The Labute approximate surface area is 76.1 Å². The Morgan fingerprint density at radius 3 is 3.17 bits per heavy atom. The van der Waals surface area contributed by atoms with Crippen molar-refractivity contribution in [2.24, 2.45) is 5.10 Å². The zero-order valence-corrected chi connectivity index (χ0v) is 7.43. The third-order valence-electron chi connectivity index (χ3n) is 1.65. The van der Waals surface area contributed by atoms with Crippen molar-refractivity contribution in [2.75, 3.05) is 0 Å². The van der Waals surface area contributed by atoms with Gasteiger partial charge in [-0.2, -0.15) is 5.10 Å². The van der Waals surface area contributed by atoms with Crippen LogP contribution in [0.2, 0.25) is 0 Å². The van der Waals surface area contributed by atoms with Gasteiger partial charge in [0.25, 0.3) is 5.91 Å². The van der Waals surface area contributed by atoms with E-state index in [9.17, 15) is 9.18 Å². The van der Waals surface area contributed by atoms with Crippen molar-refractivity contribution < 1.29 is 9.18 Å². The Bertz CT molecular complexity index is 345. The molecule has 0 saturated carbocycles. The molecule has 0 bridgehead atoms. The molecule has 0 radical (unpaired) electrons. The molecule has 2 aliphatic rings. The molecule has 1 heterocycles. The van der Waals surface area contributed by atoms with E-state index in [1.165, 1.54) is 6.08 Å². The van der Waals surface area contributed by atoms with Crippen LogP contribution >= 0.6 is 15.9 Å². The number of carbonyl (C=O) groups excluding carboxylic acids is 1. The molecule has 1 unspecified atom stereocenters. The number of hydrogen-bond acceptors (Lipinski definition) is 2. The summed E-state index contributed by atoms with van der Waals surface area (Å²) in [5.41, 5.74) is 2.67. The highest BCUT2D eigenvalue weighted by Crippen LogP contribution is 2.24. The second kappa shape index (κ2) is 2.52. The maximum absolute atomic E-state index is 13.1. The Balaban J connectivity index is 2.48. The first kappa shape index (κ1) is 7.67. The largest absolute Gasteiger partial charge is 0.273 e. The lowest BCUT2D eigenvalue weighted by Crippen LogP contribution is -2.20. The smallest absolute Gasteiger partial charge is 0.267 e. The van der Waals surface area contributed by atoms with Crippen molar-refractivity contribution in [1.29, 1.82) is 0 Å². The van der Waals surface area contributed by atoms with Crippen LogP contribution in [0.5, 0.6) is 0 Å². The third kappa shape index (κ3) is 1.01. The fourth-order valence-corrected chi connectivity index (χ4v) is 1.56. The molecule has 62 valence electrons. The number of amides is 1. The molecule has 2 rings (SSSR count). The first-order valence-corrected chi connectivity index (χ1v) is 4.09. The van der Waals surface area contributed by atoms with Crippen molar-refractivity contribution in [3.8, 4) is 0 Å². The molecule has 1 aliphatic heterocycles. The molecule has 12 heavy (non-hydrogen) atoms. The van der Waals surface area contributed by atoms with E-state index in [4.69, 9.17) is 0 Å². The van der Waals surface area contributed by atoms with Crippen molar-refractivity contribution >= 4 is 27.5 Å². The predicted molar refractivity (Wildman–Crippen MR) is 45.6 cm³/mol. The van der Waals surface area contributed by atoms with Crippen LogP contribution in [0.4, 0.5) is 4.39 Å². The molecule has 1 atom stereocenters. The van der Waals surface area contributed by atoms with Gasteiger partial charge in [-0.15, -0.1) is 0 Å². The summed E-state index contributed by atoms with van der Waals surface area (Å²) in [7, 11) is 0. The first-order chi connectivity index (χ1) is 5.68. The minimum absolute atomic E-state index is 0.170. The van der Waals surface area contributed by atoms with Crippen molar-refractivity contribution in [1.82, 2.24) is 5.43 Å². The molecule has 0 fully saturated rings. The maximum atomic E-state index is 13.1. The number of hydrogen-bond donors (Lipinski definition) is 1. The average molecular weight is 231 g/mol. The van der Waals surface area contributed by atoms with Crippen LogP contribution in [0.15, 0.2) is 27.3 Å². The Kier molecular flexibility index (Phi) is 1.61. The van der Waals surface area contributed by atoms with E-state index in [2.05, 4.69) is 26.5 Å². The average Bonchev–Trinajstić information content (AvgIpc) is 2.33. The number of halogens is 2. The fraction of sp³-hybridized carbons (Fsp3) is 0.143. The van der Waals surface area contributed by atoms with E-state index < -0.39 is 6.17 Å². The van der Waals surface area contributed by atoms with Crippen LogP contribution < -0.4 is 5.43 Å². The van der Waals surface area contributed by atoms with Gasteiger partial charge in [-0.3, -0.25) is 4.79 Å². The SMILES string of the molecule is O=C1NN=C2C1=CC(Br)=CC2F. The first-order valence-electron chi connectivity index (χ1n) is 3.30. The number of allylic oxidation sites excluding steroid dienone is 3. The van der Waals surface area contributed by atoms with Gasteiger partial charge < -0.3 is 0 Å². The summed E-state index contributed by atoms with van der Waals surface area (Å²) in [6.45, 7) is 0. The Morgan fingerprint density at radius 1 is 1.67 bits per heavy atom. The van der Waals surface area contributed by atoms with Crippen LogP contribution in [0, 0.1) is 0 Å². The van der Waals surface area contributed by atoms with E-state index in [1.54, 1.807) is 6.08 Å². The molecule has 1 aliphatic carbocycles. The van der Waals surface area contributed by atoms with Gasteiger partial charge in [-0.05, 0) is 12.2 Å². The van der Waals surface area contributed by atoms with Crippen molar-refractivity contribution in [3.05, 3.63) is 22.2 Å². The molecule has 1 N–H and O–H groups in total. The topological polar surface area (TPSA) is 41.5 Å². The van der Waals surface area contributed by atoms with Crippen LogP contribution in [0.3, 0.4) is 0 Å². The highest BCUT2D eigenvalue weighted by atomic mass is 79.9. The van der Waals surface area contributed by atoms with Crippen molar-refractivity contribution in [3.63, 3.8) is 0 Å². The molecule has 0 saturated heterocycles. The quantitative estimate of drug-likeness (QED) is 0.664. The zero-order chi connectivity index (χ0) is 8.72.